The van der Waals surface area contributed by atoms with Crippen molar-refractivity contribution in [3.63, 3.8) is 0 Å². The van der Waals surface area contributed by atoms with Gasteiger partial charge in [0.25, 0.3) is 10.0 Å². The molecular weight excluding hydrogens is 438 g/mol. The zero-order valence-corrected chi connectivity index (χ0v) is 19.3. The monoisotopic (exact) mass is 465 g/mol. The van der Waals surface area contributed by atoms with Crippen LogP contribution < -0.4 is 10.0 Å². The first-order valence-corrected chi connectivity index (χ1v) is 12.6. The Labute approximate surface area is 193 Å². The van der Waals surface area contributed by atoms with Crippen molar-refractivity contribution in [2.45, 2.75) is 43.9 Å². The Balaban J connectivity index is 1.43. The Morgan fingerprint density at radius 3 is 2.67 bits per heavy atom. The van der Waals surface area contributed by atoms with E-state index >= 15 is 0 Å². The van der Waals surface area contributed by atoms with Gasteiger partial charge >= 0.3 is 0 Å². The first-order valence-electron chi connectivity index (χ1n) is 11.1. The third-order valence-electron chi connectivity index (χ3n) is 5.49. The highest BCUT2D eigenvalue weighted by atomic mass is 32.2. The summed E-state index contributed by atoms with van der Waals surface area (Å²) in [5.41, 5.74) is 2.18. The van der Waals surface area contributed by atoms with Gasteiger partial charge in [0.2, 0.25) is 5.91 Å². The van der Waals surface area contributed by atoms with Crippen molar-refractivity contribution >= 4 is 44.5 Å². The highest BCUT2D eigenvalue weighted by Gasteiger charge is 2.17. The molecule has 7 nitrogen and oxygen atoms in total. The maximum Gasteiger partial charge on any atom is 0.262 e. The molecule has 4 rings (SSSR count). The van der Waals surface area contributed by atoms with E-state index in [0.717, 1.165) is 41.6 Å². The number of hydrogen-bond donors (Lipinski definition) is 2. The molecule has 0 atom stereocenters. The molecule has 33 heavy (non-hydrogen) atoms. The molecule has 1 aliphatic rings. The Hall–Kier alpha value is -3.39. The van der Waals surface area contributed by atoms with Crippen molar-refractivity contribution in [3.8, 4) is 0 Å². The van der Waals surface area contributed by atoms with Gasteiger partial charge in [-0.15, -0.1) is 0 Å². The van der Waals surface area contributed by atoms with Gasteiger partial charge in [0.05, 0.1) is 4.90 Å². The third-order valence-corrected chi connectivity index (χ3v) is 6.89. The van der Waals surface area contributed by atoms with Crippen LogP contribution in [0, 0.1) is 0 Å². The number of carbonyl (C=O) groups is 1. The van der Waals surface area contributed by atoms with Crippen LogP contribution in [0.25, 0.3) is 17.0 Å². The fourth-order valence-electron chi connectivity index (χ4n) is 3.79. The fraction of sp³-hybridized carbons (Fsp3) is 0.280. The number of fused-ring (bicyclic) bond motifs is 1. The van der Waals surface area contributed by atoms with E-state index in [9.17, 15) is 13.2 Å². The Morgan fingerprint density at radius 2 is 1.88 bits per heavy atom. The van der Waals surface area contributed by atoms with Crippen molar-refractivity contribution in [2.75, 3.05) is 11.9 Å². The van der Waals surface area contributed by atoms with Crippen molar-refractivity contribution < 1.29 is 17.6 Å². The highest BCUT2D eigenvalue weighted by Crippen LogP contribution is 2.27. The maximum absolute atomic E-state index is 12.6. The number of amides is 1. The van der Waals surface area contributed by atoms with E-state index in [1.165, 1.54) is 18.2 Å². The molecule has 172 valence electrons. The molecule has 0 saturated carbocycles. The molecule has 8 heteroatoms. The smallest absolute Gasteiger partial charge is 0.262 e. The van der Waals surface area contributed by atoms with E-state index in [-0.39, 0.29) is 10.8 Å². The number of para-hydroxylation sites is 1. The number of aryl methyl sites for hydroxylation is 1. The molecule has 0 fully saturated rings. The number of benzene rings is 2. The Kier molecular flexibility index (Phi) is 6.93. The van der Waals surface area contributed by atoms with E-state index < -0.39 is 10.0 Å². The molecule has 0 spiro atoms. The molecule has 0 unspecified atom stereocenters. The Morgan fingerprint density at radius 1 is 1.09 bits per heavy atom. The summed E-state index contributed by atoms with van der Waals surface area (Å²) in [7, 11) is -3.71. The summed E-state index contributed by atoms with van der Waals surface area (Å²) in [4.78, 5) is 16.9. The molecule has 1 amide bonds. The zero-order valence-electron chi connectivity index (χ0n) is 18.5. The van der Waals surface area contributed by atoms with Crippen molar-refractivity contribution in [1.29, 1.82) is 0 Å². The topological polar surface area (TPSA) is 101 Å². The van der Waals surface area contributed by atoms with Gasteiger partial charge in [-0.25, -0.2) is 8.42 Å². The summed E-state index contributed by atoms with van der Waals surface area (Å²) >= 11 is 0. The van der Waals surface area contributed by atoms with E-state index in [2.05, 4.69) is 15.0 Å². The second-order valence-electron chi connectivity index (χ2n) is 7.88. The van der Waals surface area contributed by atoms with E-state index in [0.29, 0.717) is 30.9 Å². The summed E-state index contributed by atoms with van der Waals surface area (Å²) < 4.78 is 33.7. The first kappa shape index (κ1) is 22.8. The lowest BCUT2D eigenvalue weighted by atomic mass is 10.1. The molecule has 3 aromatic rings. The number of sulfonamides is 1. The van der Waals surface area contributed by atoms with Crippen LogP contribution in [0.2, 0.25) is 0 Å². The van der Waals surface area contributed by atoms with Crippen molar-refractivity contribution in [3.05, 3.63) is 65.9 Å². The molecule has 0 bridgehead atoms. The number of nitrogens with one attached hydrogen (secondary N) is 2. The minimum atomic E-state index is -3.71. The van der Waals surface area contributed by atoms with Crippen LogP contribution in [0.3, 0.4) is 0 Å². The van der Waals surface area contributed by atoms with Gasteiger partial charge in [-0.05, 0) is 49.2 Å². The maximum atomic E-state index is 12.6. The van der Waals surface area contributed by atoms with Gasteiger partial charge in [-0.3, -0.25) is 14.5 Å². The number of furan rings is 1. The Bertz CT molecular complexity index is 1310. The van der Waals surface area contributed by atoms with Crippen molar-refractivity contribution in [2.24, 2.45) is 4.99 Å². The minimum Gasteiger partial charge on any atom is -0.460 e. The number of aliphatic imine (C=N–C) groups is 1. The van der Waals surface area contributed by atoms with Crippen LogP contribution in [-0.2, 0) is 21.2 Å². The van der Waals surface area contributed by atoms with Crippen LogP contribution in [0.15, 0.2) is 68.9 Å². The normalized spacial score (nSPS) is 14.8. The molecule has 1 aromatic heterocycles. The summed E-state index contributed by atoms with van der Waals surface area (Å²) in [6.45, 7) is 2.65. The van der Waals surface area contributed by atoms with Gasteiger partial charge in [0.1, 0.15) is 17.2 Å². The van der Waals surface area contributed by atoms with Gasteiger partial charge in [0.15, 0.2) is 0 Å². The number of nitrogens with zero attached hydrogens (tertiary/aromatic N) is 1. The number of rotatable bonds is 6. The molecular formula is C25H27N3O4S. The number of anilines is 1. The molecule has 2 aromatic carbocycles. The third kappa shape index (κ3) is 5.51. The molecule has 2 N–H and O–H groups in total. The summed E-state index contributed by atoms with van der Waals surface area (Å²) in [5, 5.41) is 3.72. The standard InChI is InChI=1S/C25H27N3O4S/c1-2-22-21(20-8-5-6-9-23(20)32-22)15-16-25(29)27-18-11-13-19(14-12-18)33(30,31)28-24-10-4-3-7-17-26-24/h5-6,8-9,11-16H,2-4,7,10,17H2,1H3,(H,26,28)(H,27,29)/b16-15+. The lowest BCUT2D eigenvalue weighted by molar-refractivity contribution is -0.111. The SMILES string of the molecule is CCc1oc2ccccc2c1/C=C/C(=O)Nc1ccc(S(=O)(=O)NC2=NCCCCC2)cc1. The van der Waals surface area contributed by atoms with Crippen LogP contribution >= 0.6 is 0 Å². The fourth-order valence-corrected chi connectivity index (χ4v) is 4.88. The average molecular weight is 466 g/mol. The summed E-state index contributed by atoms with van der Waals surface area (Å²) in [5.74, 6) is 1.01. The predicted molar refractivity (Wildman–Crippen MR) is 131 cm³/mol. The molecule has 0 saturated heterocycles. The van der Waals surface area contributed by atoms with Gasteiger partial charge < -0.3 is 9.73 Å². The van der Waals surface area contributed by atoms with Crippen molar-refractivity contribution in [1.82, 2.24) is 4.72 Å². The molecule has 0 radical (unpaired) electrons. The quantitative estimate of drug-likeness (QED) is 0.506. The lowest BCUT2D eigenvalue weighted by Crippen LogP contribution is -2.30. The summed E-state index contributed by atoms with van der Waals surface area (Å²) in [6.07, 6.45) is 7.49. The molecule has 2 heterocycles. The van der Waals surface area contributed by atoms with Crippen LogP contribution in [-0.4, -0.2) is 26.7 Å². The first-order chi connectivity index (χ1) is 16.0. The van der Waals surface area contributed by atoms with E-state index in [1.54, 1.807) is 18.2 Å². The predicted octanol–water partition coefficient (Wildman–Crippen LogP) is 4.90. The van der Waals surface area contributed by atoms with Crippen LogP contribution in [0.4, 0.5) is 5.69 Å². The van der Waals surface area contributed by atoms with Gasteiger partial charge in [-0.2, -0.15) is 0 Å². The second kappa shape index (κ2) is 10.0. The van der Waals surface area contributed by atoms with E-state index in [1.807, 2.05) is 31.2 Å². The van der Waals surface area contributed by atoms with Crippen LogP contribution in [0.1, 0.15) is 43.9 Å². The number of hydrogen-bond acceptors (Lipinski definition) is 5. The molecule has 0 aliphatic carbocycles. The number of amidine groups is 1. The highest BCUT2D eigenvalue weighted by molar-refractivity contribution is 7.90. The number of carbonyl (C=O) groups excluding carboxylic acids is 1. The molecule has 1 aliphatic heterocycles. The van der Waals surface area contributed by atoms with Gasteiger partial charge in [-0.1, -0.05) is 31.5 Å². The van der Waals surface area contributed by atoms with Gasteiger partial charge in [0, 0.05) is 42.1 Å². The summed E-state index contributed by atoms with van der Waals surface area (Å²) in [6, 6.07) is 13.8. The van der Waals surface area contributed by atoms with E-state index in [4.69, 9.17) is 4.42 Å². The second-order valence-corrected chi connectivity index (χ2v) is 9.56. The average Bonchev–Trinajstić information content (AvgIpc) is 2.97. The van der Waals surface area contributed by atoms with Crippen LogP contribution in [0.5, 0.6) is 0 Å². The lowest BCUT2D eigenvalue weighted by Gasteiger charge is -2.10. The minimum absolute atomic E-state index is 0.125. The largest absolute Gasteiger partial charge is 0.460 e. The zero-order chi connectivity index (χ0) is 23.3.